The number of hydrogen-bond acceptors (Lipinski definition) is 3. The van der Waals surface area contributed by atoms with E-state index in [0.717, 1.165) is 4.43 Å². The van der Waals surface area contributed by atoms with E-state index in [-0.39, 0.29) is 0 Å². The Kier molecular flexibility index (Phi) is 1.82. The first kappa shape index (κ1) is 6.00. The molecule has 0 bridgehead atoms. The van der Waals surface area contributed by atoms with Gasteiger partial charge in [-0.2, -0.15) is 0 Å². The maximum Gasteiger partial charge on any atom is 0.226 e. The second-order valence-electron chi connectivity index (χ2n) is 1.35. The highest BCUT2D eigenvalue weighted by molar-refractivity contribution is 14.1. The average Bonchev–Trinajstić information content (AvgIpc) is 2.14. The number of aryl methyl sites for hydroxylation is 1. The van der Waals surface area contributed by atoms with Crippen molar-refractivity contribution in [2.45, 2.75) is 11.4 Å². The molecule has 1 heterocycles. The molecule has 0 radical (unpaired) electrons. The number of alkyl halides is 1. The number of rotatable bonds is 1. The minimum Gasteiger partial charge on any atom is -0.425 e. The molecule has 0 fully saturated rings. The monoisotopic (exact) mass is 224 g/mol. The lowest BCUT2D eigenvalue weighted by Crippen LogP contribution is -1.73. The fourth-order valence-corrected chi connectivity index (χ4v) is 0.700. The number of nitrogens with zero attached hydrogens (tertiary/aromatic N) is 2. The van der Waals surface area contributed by atoms with Gasteiger partial charge < -0.3 is 4.42 Å². The van der Waals surface area contributed by atoms with Gasteiger partial charge in [-0.3, -0.25) is 0 Å². The molecule has 1 aromatic rings. The van der Waals surface area contributed by atoms with Gasteiger partial charge in [0.25, 0.3) is 0 Å². The van der Waals surface area contributed by atoms with Crippen molar-refractivity contribution in [3.05, 3.63) is 11.8 Å². The zero-order valence-corrected chi connectivity index (χ0v) is 6.55. The Bertz CT molecular complexity index is 174. The van der Waals surface area contributed by atoms with Crippen LogP contribution in [0.15, 0.2) is 4.42 Å². The molecule has 0 aliphatic carbocycles. The van der Waals surface area contributed by atoms with Gasteiger partial charge in [0.05, 0.1) is 4.43 Å². The molecule has 0 N–H and O–H groups in total. The smallest absolute Gasteiger partial charge is 0.226 e. The van der Waals surface area contributed by atoms with Crippen molar-refractivity contribution in [2.75, 3.05) is 0 Å². The third kappa shape index (κ3) is 1.18. The van der Waals surface area contributed by atoms with Gasteiger partial charge in [0.1, 0.15) is 0 Å². The quantitative estimate of drug-likeness (QED) is 0.533. The first-order chi connectivity index (χ1) is 3.83. The molecule has 3 nitrogen and oxygen atoms in total. The summed E-state index contributed by atoms with van der Waals surface area (Å²) >= 11 is 2.17. The first-order valence-corrected chi connectivity index (χ1v) is 3.70. The Hall–Kier alpha value is -0.130. The SMILES string of the molecule is Cc1nnc(CI)o1. The van der Waals surface area contributed by atoms with E-state index < -0.39 is 0 Å². The van der Waals surface area contributed by atoms with Gasteiger partial charge in [0.2, 0.25) is 11.8 Å². The summed E-state index contributed by atoms with van der Waals surface area (Å²) in [6, 6.07) is 0. The van der Waals surface area contributed by atoms with Crippen molar-refractivity contribution in [3.63, 3.8) is 0 Å². The summed E-state index contributed by atoms with van der Waals surface area (Å²) in [5.74, 6) is 1.33. The zero-order chi connectivity index (χ0) is 5.98. The van der Waals surface area contributed by atoms with Crippen LogP contribution < -0.4 is 0 Å². The molecule has 0 saturated heterocycles. The minimum atomic E-state index is 0.636. The van der Waals surface area contributed by atoms with Crippen molar-refractivity contribution in [1.29, 1.82) is 0 Å². The molecule has 0 amide bonds. The predicted octanol–water partition coefficient (Wildman–Crippen LogP) is 1.31. The molecule has 0 unspecified atom stereocenters. The van der Waals surface area contributed by atoms with Crippen molar-refractivity contribution < 1.29 is 4.42 Å². The lowest BCUT2D eigenvalue weighted by atomic mass is 10.8. The van der Waals surface area contributed by atoms with E-state index in [0.29, 0.717) is 11.8 Å². The maximum atomic E-state index is 5.00. The lowest BCUT2D eigenvalue weighted by molar-refractivity contribution is 0.488. The van der Waals surface area contributed by atoms with Crippen LogP contribution in [0.2, 0.25) is 0 Å². The molecule has 0 atom stereocenters. The van der Waals surface area contributed by atoms with Crippen LogP contribution in [-0.2, 0) is 4.43 Å². The topological polar surface area (TPSA) is 38.9 Å². The van der Waals surface area contributed by atoms with E-state index in [4.69, 9.17) is 4.42 Å². The van der Waals surface area contributed by atoms with Crippen LogP contribution in [0.3, 0.4) is 0 Å². The van der Waals surface area contributed by atoms with Crippen LogP contribution in [0.5, 0.6) is 0 Å². The Morgan fingerprint density at radius 1 is 1.62 bits per heavy atom. The van der Waals surface area contributed by atoms with Crippen LogP contribution in [-0.4, -0.2) is 10.2 Å². The highest BCUT2D eigenvalue weighted by Gasteiger charge is 1.95. The minimum absolute atomic E-state index is 0.636. The first-order valence-electron chi connectivity index (χ1n) is 2.18. The Balaban J connectivity index is 2.84. The van der Waals surface area contributed by atoms with Crippen molar-refractivity contribution in [1.82, 2.24) is 10.2 Å². The molecule has 0 aliphatic rings. The van der Waals surface area contributed by atoms with Gasteiger partial charge in [-0.05, 0) is 0 Å². The molecular weight excluding hydrogens is 219 g/mol. The standard InChI is InChI=1S/C4H5IN2O/c1-3-6-7-4(2-5)8-3/h2H2,1H3. The van der Waals surface area contributed by atoms with E-state index in [9.17, 15) is 0 Å². The second-order valence-corrected chi connectivity index (χ2v) is 2.11. The van der Waals surface area contributed by atoms with E-state index in [1.807, 2.05) is 0 Å². The van der Waals surface area contributed by atoms with Crippen LogP contribution >= 0.6 is 22.6 Å². The molecule has 0 aromatic carbocycles. The summed E-state index contributed by atoms with van der Waals surface area (Å²) in [6.07, 6.45) is 0. The van der Waals surface area contributed by atoms with Crippen LogP contribution in [0.4, 0.5) is 0 Å². The predicted molar refractivity (Wildman–Crippen MR) is 36.8 cm³/mol. The molecule has 4 heteroatoms. The van der Waals surface area contributed by atoms with E-state index in [1.165, 1.54) is 0 Å². The third-order valence-corrected chi connectivity index (χ3v) is 1.33. The molecule has 1 aromatic heterocycles. The Labute approximate surface area is 60.6 Å². The fraction of sp³-hybridized carbons (Fsp3) is 0.500. The zero-order valence-electron chi connectivity index (χ0n) is 4.39. The molecule has 0 spiro atoms. The highest BCUT2D eigenvalue weighted by atomic mass is 127. The Morgan fingerprint density at radius 2 is 2.38 bits per heavy atom. The third-order valence-electron chi connectivity index (χ3n) is 0.682. The number of halogens is 1. The van der Waals surface area contributed by atoms with Crippen molar-refractivity contribution in [2.24, 2.45) is 0 Å². The Morgan fingerprint density at radius 3 is 2.62 bits per heavy atom. The number of aromatic nitrogens is 2. The highest BCUT2D eigenvalue weighted by Crippen LogP contribution is 2.01. The second kappa shape index (κ2) is 2.43. The lowest BCUT2D eigenvalue weighted by Gasteiger charge is -1.76. The van der Waals surface area contributed by atoms with Gasteiger partial charge in [-0.1, -0.05) is 22.6 Å². The molecule has 0 saturated carbocycles. The fourth-order valence-electron chi connectivity index (χ4n) is 0.392. The van der Waals surface area contributed by atoms with Crippen LogP contribution in [0.25, 0.3) is 0 Å². The molecule has 1 rings (SSSR count). The summed E-state index contributed by atoms with van der Waals surface area (Å²) in [6.45, 7) is 1.78. The molecule has 0 aliphatic heterocycles. The largest absolute Gasteiger partial charge is 0.425 e. The summed E-state index contributed by atoms with van der Waals surface area (Å²) in [5, 5.41) is 7.38. The normalized spacial score (nSPS) is 9.75. The number of hydrogen-bond donors (Lipinski definition) is 0. The van der Waals surface area contributed by atoms with Crippen molar-refractivity contribution in [3.8, 4) is 0 Å². The van der Waals surface area contributed by atoms with E-state index in [2.05, 4.69) is 32.8 Å². The van der Waals surface area contributed by atoms with Gasteiger partial charge in [-0.15, -0.1) is 10.2 Å². The van der Waals surface area contributed by atoms with E-state index in [1.54, 1.807) is 6.92 Å². The molecular formula is C4H5IN2O. The maximum absolute atomic E-state index is 5.00. The summed E-state index contributed by atoms with van der Waals surface area (Å²) < 4.78 is 5.79. The molecule has 44 valence electrons. The summed E-state index contributed by atoms with van der Waals surface area (Å²) in [5.41, 5.74) is 0. The van der Waals surface area contributed by atoms with Gasteiger partial charge in [-0.25, -0.2) is 0 Å². The summed E-state index contributed by atoms with van der Waals surface area (Å²) in [7, 11) is 0. The van der Waals surface area contributed by atoms with Crippen LogP contribution in [0.1, 0.15) is 11.8 Å². The summed E-state index contributed by atoms with van der Waals surface area (Å²) in [4.78, 5) is 0. The van der Waals surface area contributed by atoms with Gasteiger partial charge >= 0.3 is 0 Å². The van der Waals surface area contributed by atoms with Gasteiger partial charge in [0.15, 0.2) is 0 Å². The van der Waals surface area contributed by atoms with Crippen LogP contribution in [0, 0.1) is 6.92 Å². The average molecular weight is 224 g/mol. The van der Waals surface area contributed by atoms with E-state index >= 15 is 0 Å². The molecule has 8 heavy (non-hydrogen) atoms. The van der Waals surface area contributed by atoms with Crippen molar-refractivity contribution >= 4 is 22.6 Å². The van der Waals surface area contributed by atoms with Gasteiger partial charge in [0, 0.05) is 6.92 Å².